The summed E-state index contributed by atoms with van der Waals surface area (Å²) in [6.45, 7) is 2.80. The first-order valence-corrected chi connectivity index (χ1v) is 9.79. The highest BCUT2D eigenvalue weighted by atomic mass is 32.1. The van der Waals surface area contributed by atoms with Gasteiger partial charge in [0.1, 0.15) is 6.04 Å². The van der Waals surface area contributed by atoms with E-state index in [4.69, 9.17) is 0 Å². The van der Waals surface area contributed by atoms with Gasteiger partial charge in [0.05, 0.1) is 12.6 Å². The molecule has 0 spiro atoms. The summed E-state index contributed by atoms with van der Waals surface area (Å²) in [6.07, 6.45) is 2.44. The van der Waals surface area contributed by atoms with E-state index >= 15 is 0 Å². The van der Waals surface area contributed by atoms with Crippen LogP contribution in [0, 0.1) is 6.92 Å². The lowest BCUT2D eigenvalue weighted by atomic mass is 10.0. The number of nitrogens with one attached hydrogen (secondary N) is 1. The van der Waals surface area contributed by atoms with Crippen molar-refractivity contribution in [1.82, 2.24) is 10.2 Å². The van der Waals surface area contributed by atoms with Gasteiger partial charge in [0.25, 0.3) is 0 Å². The lowest BCUT2D eigenvalue weighted by Gasteiger charge is -2.32. The molecule has 1 aliphatic heterocycles. The Morgan fingerprint density at radius 3 is 2.69 bits per heavy atom. The second-order valence-electron chi connectivity index (χ2n) is 6.75. The minimum absolute atomic E-state index is 0.116. The zero-order chi connectivity index (χ0) is 18.5. The SMILES string of the molecule is Cc1ccc(C(NC(=O)CN2CCCCC2C(=O)O)c2cccs2)cc1. The summed E-state index contributed by atoms with van der Waals surface area (Å²) in [5.74, 6) is -0.983. The largest absolute Gasteiger partial charge is 0.480 e. The number of rotatable bonds is 6. The summed E-state index contributed by atoms with van der Waals surface area (Å²) in [6, 6.07) is 11.3. The number of nitrogens with zero attached hydrogens (tertiary/aromatic N) is 1. The molecule has 6 heteroatoms. The van der Waals surface area contributed by atoms with Crippen molar-refractivity contribution in [3.8, 4) is 0 Å². The Morgan fingerprint density at radius 2 is 2.04 bits per heavy atom. The van der Waals surface area contributed by atoms with Gasteiger partial charge in [-0.15, -0.1) is 11.3 Å². The van der Waals surface area contributed by atoms with Gasteiger partial charge >= 0.3 is 5.97 Å². The maximum atomic E-state index is 12.7. The van der Waals surface area contributed by atoms with Crippen molar-refractivity contribution < 1.29 is 14.7 Å². The third-order valence-corrected chi connectivity index (χ3v) is 5.73. The first-order valence-electron chi connectivity index (χ1n) is 8.91. The predicted octanol–water partition coefficient (Wildman–Crippen LogP) is 3.20. The van der Waals surface area contributed by atoms with Crippen LogP contribution in [0.2, 0.25) is 0 Å². The Labute approximate surface area is 157 Å². The fourth-order valence-corrected chi connectivity index (χ4v) is 4.19. The van der Waals surface area contributed by atoms with Gasteiger partial charge in [0.15, 0.2) is 0 Å². The normalized spacial score (nSPS) is 19.0. The molecule has 2 aromatic rings. The molecule has 2 unspecified atom stereocenters. The monoisotopic (exact) mass is 372 g/mol. The van der Waals surface area contributed by atoms with Gasteiger partial charge in [-0.2, -0.15) is 0 Å². The Hall–Kier alpha value is -2.18. The topological polar surface area (TPSA) is 69.6 Å². The molecule has 2 N–H and O–H groups in total. The van der Waals surface area contributed by atoms with E-state index in [-0.39, 0.29) is 18.5 Å². The molecule has 0 saturated carbocycles. The predicted molar refractivity (Wildman–Crippen MR) is 102 cm³/mol. The van der Waals surface area contributed by atoms with E-state index < -0.39 is 12.0 Å². The summed E-state index contributed by atoms with van der Waals surface area (Å²) >= 11 is 1.60. The number of piperidine rings is 1. The number of thiophene rings is 1. The van der Waals surface area contributed by atoms with Crippen LogP contribution in [-0.2, 0) is 9.59 Å². The number of carbonyl (C=O) groups is 2. The van der Waals surface area contributed by atoms with Crippen LogP contribution in [-0.4, -0.2) is 41.0 Å². The molecule has 0 radical (unpaired) electrons. The van der Waals surface area contributed by atoms with Gasteiger partial charge in [-0.25, -0.2) is 0 Å². The summed E-state index contributed by atoms with van der Waals surface area (Å²) < 4.78 is 0. The van der Waals surface area contributed by atoms with E-state index in [1.807, 2.05) is 48.7 Å². The number of hydrogen-bond acceptors (Lipinski definition) is 4. The van der Waals surface area contributed by atoms with E-state index in [2.05, 4.69) is 5.32 Å². The Balaban J connectivity index is 1.73. The van der Waals surface area contributed by atoms with Crippen LogP contribution in [0.4, 0.5) is 0 Å². The van der Waals surface area contributed by atoms with Crippen molar-refractivity contribution in [1.29, 1.82) is 0 Å². The number of benzene rings is 1. The molecule has 2 heterocycles. The van der Waals surface area contributed by atoms with Crippen molar-refractivity contribution in [3.05, 3.63) is 57.8 Å². The molecule has 1 fully saturated rings. The van der Waals surface area contributed by atoms with Crippen LogP contribution in [0.15, 0.2) is 41.8 Å². The number of likely N-dealkylation sites (tertiary alicyclic amines) is 1. The molecule has 1 saturated heterocycles. The quantitative estimate of drug-likeness (QED) is 0.817. The van der Waals surface area contributed by atoms with Gasteiger partial charge < -0.3 is 10.4 Å². The molecule has 0 bridgehead atoms. The van der Waals surface area contributed by atoms with Gasteiger partial charge in [-0.3, -0.25) is 14.5 Å². The molecule has 1 amide bonds. The number of carbonyl (C=O) groups excluding carboxylic acids is 1. The smallest absolute Gasteiger partial charge is 0.320 e. The van der Waals surface area contributed by atoms with Crippen LogP contribution in [0.3, 0.4) is 0 Å². The molecule has 0 aliphatic carbocycles. The van der Waals surface area contributed by atoms with Crippen molar-refractivity contribution in [2.75, 3.05) is 13.1 Å². The first-order chi connectivity index (χ1) is 12.5. The Bertz CT molecular complexity index is 743. The minimum Gasteiger partial charge on any atom is -0.480 e. The van der Waals surface area contributed by atoms with Crippen LogP contribution in [0.5, 0.6) is 0 Å². The highest BCUT2D eigenvalue weighted by Crippen LogP contribution is 2.26. The number of hydrogen-bond donors (Lipinski definition) is 2. The number of amides is 1. The maximum Gasteiger partial charge on any atom is 0.320 e. The van der Waals surface area contributed by atoms with Crippen LogP contribution >= 0.6 is 11.3 Å². The molecule has 1 aliphatic rings. The molecule has 138 valence electrons. The Morgan fingerprint density at radius 1 is 1.27 bits per heavy atom. The standard InChI is InChI=1S/C20H24N2O3S/c1-14-7-9-15(10-8-14)19(17-6-4-12-26-17)21-18(23)13-22-11-3-2-5-16(22)20(24)25/h4,6-10,12,16,19H,2-3,5,11,13H2,1H3,(H,21,23)(H,24,25). The third kappa shape index (κ3) is 4.51. The van der Waals surface area contributed by atoms with E-state index in [0.717, 1.165) is 23.3 Å². The van der Waals surface area contributed by atoms with Gasteiger partial charge in [-0.1, -0.05) is 42.3 Å². The molecule has 2 atom stereocenters. The highest BCUT2D eigenvalue weighted by molar-refractivity contribution is 7.10. The number of carboxylic acid groups (broad SMARTS) is 1. The van der Waals surface area contributed by atoms with E-state index in [1.54, 1.807) is 16.2 Å². The second-order valence-corrected chi connectivity index (χ2v) is 7.73. The van der Waals surface area contributed by atoms with E-state index in [0.29, 0.717) is 13.0 Å². The van der Waals surface area contributed by atoms with Crippen molar-refractivity contribution in [2.24, 2.45) is 0 Å². The molecule has 26 heavy (non-hydrogen) atoms. The molecule has 3 rings (SSSR count). The first kappa shape index (κ1) is 18.6. The van der Waals surface area contributed by atoms with Crippen molar-refractivity contribution in [2.45, 2.75) is 38.3 Å². The fraction of sp³-hybridized carbons (Fsp3) is 0.400. The second kappa shape index (κ2) is 8.47. The molecule has 1 aromatic carbocycles. The fourth-order valence-electron chi connectivity index (χ4n) is 3.38. The highest BCUT2D eigenvalue weighted by Gasteiger charge is 2.30. The number of aliphatic carboxylic acids is 1. The summed E-state index contributed by atoms with van der Waals surface area (Å²) in [7, 11) is 0. The average molecular weight is 372 g/mol. The molecule has 5 nitrogen and oxygen atoms in total. The van der Waals surface area contributed by atoms with Gasteiger partial charge in [0, 0.05) is 4.88 Å². The summed E-state index contributed by atoms with van der Waals surface area (Å²) in [5.41, 5.74) is 2.20. The van der Waals surface area contributed by atoms with E-state index in [1.165, 1.54) is 5.56 Å². The maximum absolute atomic E-state index is 12.7. The molecular weight excluding hydrogens is 348 g/mol. The lowest BCUT2D eigenvalue weighted by molar-refractivity contribution is -0.145. The van der Waals surface area contributed by atoms with Crippen molar-refractivity contribution in [3.63, 3.8) is 0 Å². The number of aryl methyl sites for hydroxylation is 1. The van der Waals surface area contributed by atoms with Gasteiger partial charge in [0.2, 0.25) is 5.91 Å². The average Bonchev–Trinajstić information content (AvgIpc) is 3.15. The number of carboxylic acids is 1. The van der Waals surface area contributed by atoms with Crippen LogP contribution in [0.1, 0.15) is 41.3 Å². The minimum atomic E-state index is -0.842. The zero-order valence-electron chi connectivity index (χ0n) is 14.9. The Kier molecular flexibility index (Phi) is 6.06. The van der Waals surface area contributed by atoms with Crippen molar-refractivity contribution >= 4 is 23.2 Å². The summed E-state index contributed by atoms with van der Waals surface area (Å²) in [4.78, 5) is 27.0. The lowest BCUT2D eigenvalue weighted by Crippen LogP contribution is -2.49. The zero-order valence-corrected chi connectivity index (χ0v) is 15.7. The van der Waals surface area contributed by atoms with Gasteiger partial charge in [-0.05, 0) is 43.3 Å². The van der Waals surface area contributed by atoms with Crippen LogP contribution in [0.25, 0.3) is 0 Å². The molecule has 1 aromatic heterocycles. The third-order valence-electron chi connectivity index (χ3n) is 4.79. The van der Waals surface area contributed by atoms with Crippen LogP contribution < -0.4 is 5.32 Å². The molecular formula is C20H24N2O3S. The van der Waals surface area contributed by atoms with E-state index in [9.17, 15) is 14.7 Å². The summed E-state index contributed by atoms with van der Waals surface area (Å²) in [5, 5.41) is 14.5.